The molecule has 2 unspecified atom stereocenters. The molecule has 4 rings (SSSR count). The summed E-state index contributed by atoms with van der Waals surface area (Å²) in [5.74, 6) is 0.182. The number of likely N-dealkylation sites (tertiary alicyclic amines) is 1. The molecule has 2 atom stereocenters. The molecular formula is C19H24N4O3. The van der Waals surface area contributed by atoms with Crippen LogP contribution < -0.4 is 5.32 Å². The van der Waals surface area contributed by atoms with Crippen molar-refractivity contribution < 1.29 is 14.7 Å². The summed E-state index contributed by atoms with van der Waals surface area (Å²) in [6, 6.07) is 7.75. The number of rotatable bonds is 6. The van der Waals surface area contributed by atoms with Crippen molar-refractivity contribution in [2.45, 2.75) is 31.8 Å². The van der Waals surface area contributed by atoms with E-state index in [-0.39, 0.29) is 23.7 Å². The number of para-hydroxylation sites is 1. The quantitative estimate of drug-likeness (QED) is 0.714. The molecule has 2 aliphatic rings. The van der Waals surface area contributed by atoms with Crippen molar-refractivity contribution >= 4 is 22.7 Å². The van der Waals surface area contributed by atoms with E-state index in [1.807, 2.05) is 29.2 Å². The van der Waals surface area contributed by atoms with Crippen molar-refractivity contribution in [3.63, 3.8) is 0 Å². The van der Waals surface area contributed by atoms with E-state index in [4.69, 9.17) is 0 Å². The van der Waals surface area contributed by atoms with Gasteiger partial charge in [0.25, 0.3) is 0 Å². The molecule has 7 heteroatoms. The van der Waals surface area contributed by atoms with Crippen LogP contribution in [0.2, 0.25) is 0 Å². The van der Waals surface area contributed by atoms with Crippen LogP contribution in [0.4, 0.5) is 0 Å². The third-order valence-corrected chi connectivity index (χ3v) is 5.41. The van der Waals surface area contributed by atoms with Crippen molar-refractivity contribution in [2.75, 3.05) is 19.6 Å². The van der Waals surface area contributed by atoms with Gasteiger partial charge in [0.1, 0.15) is 6.10 Å². The number of H-pyrrole nitrogens is 1. The standard InChI is InChI=1S/C19H24N4O3/c24-17(9-16-14-3-1-2-4-15(14)21-22-16)23-8-7-12(11-23)10-20-19(26)18(25)13-5-6-13/h1-4,12-13,18,25H,5-11H2,(H,20,26)(H,21,22). The van der Waals surface area contributed by atoms with Crippen LogP contribution >= 0.6 is 0 Å². The summed E-state index contributed by atoms with van der Waals surface area (Å²) in [4.78, 5) is 26.3. The van der Waals surface area contributed by atoms with Crippen molar-refractivity contribution in [1.29, 1.82) is 0 Å². The molecule has 3 N–H and O–H groups in total. The number of aromatic amines is 1. The van der Waals surface area contributed by atoms with Gasteiger partial charge in [0.2, 0.25) is 11.8 Å². The fourth-order valence-corrected chi connectivity index (χ4v) is 3.61. The Hall–Kier alpha value is -2.41. The lowest BCUT2D eigenvalue weighted by atomic mass is 10.1. The van der Waals surface area contributed by atoms with Crippen molar-refractivity contribution in [3.8, 4) is 0 Å². The van der Waals surface area contributed by atoms with Gasteiger partial charge < -0.3 is 15.3 Å². The van der Waals surface area contributed by atoms with Crippen LogP contribution in [-0.2, 0) is 16.0 Å². The Morgan fingerprint density at radius 2 is 2.12 bits per heavy atom. The molecule has 2 heterocycles. The Morgan fingerprint density at radius 1 is 1.31 bits per heavy atom. The molecule has 1 aromatic heterocycles. The number of aromatic nitrogens is 2. The number of carbonyl (C=O) groups excluding carboxylic acids is 2. The molecule has 1 saturated carbocycles. The van der Waals surface area contributed by atoms with Crippen LogP contribution in [0, 0.1) is 11.8 Å². The Morgan fingerprint density at radius 3 is 2.92 bits per heavy atom. The predicted molar refractivity (Wildman–Crippen MR) is 96.2 cm³/mol. The SMILES string of the molecule is O=C(NCC1CCN(C(=O)Cc2[nH]nc3ccccc23)C1)C(O)C1CC1. The van der Waals surface area contributed by atoms with Crippen LogP contribution in [0.15, 0.2) is 24.3 Å². The normalized spacial score (nSPS) is 21.1. The number of nitrogens with one attached hydrogen (secondary N) is 2. The second kappa shape index (κ2) is 7.07. The molecule has 0 spiro atoms. The molecule has 1 aliphatic heterocycles. The first-order valence-corrected chi connectivity index (χ1v) is 9.27. The number of aliphatic hydroxyl groups excluding tert-OH is 1. The number of fused-ring (bicyclic) bond motifs is 1. The van der Waals surface area contributed by atoms with Crippen LogP contribution in [0.5, 0.6) is 0 Å². The molecule has 0 bridgehead atoms. The molecule has 1 aliphatic carbocycles. The van der Waals surface area contributed by atoms with E-state index in [1.165, 1.54) is 0 Å². The molecule has 26 heavy (non-hydrogen) atoms. The molecular weight excluding hydrogens is 332 g/mol. The van der Waals surface area contributed by atoms with E-state index < -0.39 is 6.10 Å². The minimum atomic E-state index is -0.872. The monoisotopic (exact) mass is 356 g/mol. The molecule has 2 fully saturated rings. The molecule has 1 saturated heterocycles. The summed E-state index contributed by atoms with van der Waals surface area (Å²) in [6.45, 7) is 1.86. The van der Waals surface area contributed by atoms with Crippen LogP contribution in [0.1, 0.15) is 25.0 Å². The summed E-state index contributed by atoms with van der Waals surface area (Å²) in [7, 11) is 0. The highest BCUT2D eigenvalue weighted by molar-refractivity contribution is 5.87. The summed E-state index contributed by atoms with van der Waals surface area (Å²) in [5.41, 5.74) is 1.71. The fourth-order valence-electron chi connectivity index (χ4n) is 3.61. The lowest BCUT2D eigenvalue weighted by Gasteiger charge is -2.17. The number of hydrogen-bond acceptors (Lipinski definition) is 4. The zero-order valence-electron chi connectivity index (χ0n) is 14.6. The maximum atomic E-state index is 12.6. The first kappa shape index (κ1) is 17.0. The average molecular weight is 356 g/mol. The summed E-state index contributed by atoms with van der Waals surface area (Å²) in [5, 5.41) is 20.8. The van der Waals surface area contributed by atoms with E-state index in [9.17, 15) is 14.7 Å². The van der Waals surface area contributed by atoms with Gasteiger partial charge in [-0.2, -0.15) is 5.10 Å². The van der Waals surface area contributed by atoms with Crippen LogP contribution in [-0.4, -0.2) is 57.8 Å². The Labute approximate surface area is 151 Å². The zero-order valence-corrected chi connectivity index (χ0v) is 14.6. The minimum absolute atomic E-state index is 0.0752. The number of hydrogen-bond donors (Lipinski definition) is 3. The molecule has 2 amide bonds. The van der Waals surface area contributed by atoms with Gasteiger partial charge in [0.05, 0.1) is 17.6 Å². The van der Waals surface area contributed by atoms with E-state index in [0.717, 1.165) is 35.9 Å². The van der Waals surface area contributed by atoms with Crippen molar-refractivity contribution in [2.24, 2.45) is 11.8 Å². The number of nitrogens with zero attached hydrogens (tertiary/aromatic N) is 2. The average Bonchev–Trinajstić information content (AvgIpc) is 3.26. The largest absolute Gasteiger partial charge is 0.383 e. The van der Waals surface area contributed by atoms with Gasteiger partial charge >= 0.3 is 0 Å². The third kappa shape index (κ3) is 3.58. The lowest BCUT2D eigenvalue weighted by molar-refractivity contribution is -0.130. The molecule has 0 radical (unpaired) electrons. The van der Waals surface area contributed by atoms with Crippen LogP contribution in [0.25, 0.3) is 10.9 Å². The van der Waals surface area contributed by atoms with Crippen molar-refractivity contribution in [3.05, 3.63) is 30.0 Å². The summed E-state index contributed by atoms with van der Waals surface area (Å²) < 4.78 is 0. The van der Waals surface area contributed by atoms with E-state index in [1.54, 1.807) is 0 Å². The van der Waals surface area contributed by atoms with Gasteiger partial charge in [-0.1, -0.05) is 18.2 Å². The smallest absolute Gasteiger partial charge is 0.249 e. The second-order valence-electron chi connectivity index (χ2n) is 7.42. The summed E-state index contributed by atoms with van der Waals surface area (Å²) >= 11 is 0. The zero-order chi connectivity index (χ0) is 18.1. The Bertz CT molecular complexity index is 814. The second-order valence-corrected chi connectivity index (χ2v) is 7.42. The molecule has 7 nitrogen and oxygen atoms in total. The first-order chi connectivity index (χ1) is 12.6. The minimum Gasteiger partial charge on any atom is -0.383 e. The van der Waals surface area contributed by atoms with Gasteiger partial charge in [0.15, 0.2) is 0 Å². The van der Waals surface area contributed by atoms with E-state index in [2.05, 4.69) is 15.5 Å². The fraction of sp³-hybridized carbons (Fsp3) is 0.526. The van der Waals surface area contributed by atoms with Gasteiger partial charge in [0, 0.05) is 25.0 Å². The summed E-state index contributed by atoms with van der Waals surface area (Å²) in [6.07, 6.45) is 2.17. The van der Waals surface area contributed by atoms with Gasteiger partial charge in [-0.05, 0) is 37.2 Å². The highest BCUT2D eigenvalue weighted by Gasteiger charge is 2.35. The predicted octanol–water partition coefficient (Wildman–Crippen LogP) is 0.841. The topological polar surface area (TPSA) is 98.3 Å². The van der Waals surface area contributed by atoms with E-state index >= 15 is 0 Å². The molecule has 138 valence electrons. The van der Waals surface area contributed by atoms with E-state index in [0.29, 0.717) is 26.1 Å². The number of aliphatic hydroxyl groups is 1. The van der Waals surface area contributed by atoms with Gasteiger partial charge in [-0.25, -0.2) is 0 Å². The molecule has 2 aromatic rings. The lowest BCUT2D eigenvalue weighted by Crippen LogP contribution is -2.39. The van der Waals surface area contributed by atoms with Gasteiger partial charge in [-0.15, -0.1) is 0 Å². The van der Waals surface area contributed by atoms with Gasteiger partial charge in [-0.3, -0.25) is 14.7 Å². The van der Waals surface area contributed by atoms with Crippen LogP contribution in [0.3, 0.4) is 0 Å². The Balaban J connectivity index is 1.28. The first-order valence-electron chi connectivity index (χ1n) is 9.27. The highest BCUT2D eigenvalue weighted by atomic mass is 16.3. The maximum Gasteiger partial charge on any atom is 0.249 e. The highest BCUT2D eigenvalue weighted by Crippen LogP contribution is 2.32. The number of amides is 2. The maximum absolute atomic E-state index is 12.6. The Kier molecular flexibility index (Phi) is 4.63. The third-order valence-electron chi connectivity index (χ3n) is 5.41. The molecule has 1 aromatic carbocycles. The van der Waals surface area contributed by atoms with Crippen molar-refractivity contribution in [1.82, 2.24) is 20.4 Å². The number of carbonyl (C=O) groups is 2. The number of benzene rings is 1.